The van der Waals surface area contributed by atoms with Crippen molar-refractivity contribution in [1.82, 2.24) is 15.5 Å². The average molecular weight is 254 g/mol. The van der Waals surface area contributed by atoms with E-state index in [0.717, 1.165) is 12.1 Å². The lowest BCUT2D eigenvalue weighted by Gasteiger charge is -1.95. The first-order chi connectivity index (χ1) is 7.79. The summed E-state index contributed by atoms with van der Waals surface area (Å²) in [4.78, 5) is 4.32. The number of halogens is 1. The molecule has 0 unspecified atom stereocenters. The molecule has 0 aliphatic heterocycles. The molecule has 92 valence electrons. The van der Waals surface area contributed by atoms with Crippen LogP contribution in [-0.2, 0) is 6.54 Å². The third-order valence-corrected chi connectivity index (χ3v) is 2.27. The van der Waals surface area contributed by atoms with Crippen LogP contribution < -0.4 is 5.32 Å². The molecule has 0 atom stereocenters. The van der Waals surface area contributed by atoms with Gasteiger partial charge in [0, 0.05) is 5.56 Å². The van der Waals surface area contributed by atoms with Crippen LogP contribution in [0.15, 0.2) is 28.8 Å². The van der Waals surface area contributed by atoms with Crippen LogP contribution in [0, 0.1) is 6.92 Å². The number of nitrogens with zero attached hydrogens (tertiary/aromatic N) is 2. The zero-order valence-electron chi connectivity index (χ0n) is 9.93. The normalized spacial score (nSPS) is 10.0. The molecule has 5 heteroatoms. The van der Waals surface area contributed by atoms with E-state index < -0.39 is 0 Å². The first kappa shape index (κ1) is 13.7. The summed E-state index contributed by atoms with van der Waals surface area (Å²) in [6, 6.07) is 8.06. The van der Waals surface area contributed by atoms with E-state index in [-0.39, 0.29) is 12.4 Å². The molecule has 2 rings (SSSR count). The van der Waals surface area contributed by atoms with Crippen molar-refractivity contribution in [2.24, 2.45) is 0 Å². The third kappa shape index (κ3) is 3.54. The van der Waals surface area contributed by atoms with E-state index in [2.05, 4.69) is 15.5 Å². The summed E-state index contributed by atoms with van der Waals surface area (Å²) >= 11 is 0. The first-order valence-electron chi connectivity index (χ1n) is 5.40. The largest absolute Gasteiger partial charge is 0.338 e. The van der Waals surface area contributed by atoms with Crippen LogP contribution in [-0.4, -0.2) is 16.7 Å². The molecule has 1 aromatic carbocycles. The van der Waals surface area contributed by atoms with Crippen molar-refractivity contribution in [2.75, 3.05) is 6.54 Å². The SMILES string of the molecule is CCNCc1nc(-c2cccc(C)c2)no1.Cl. The molecule has 0 aliphatic rings. The molecular weight excluding hydrogens is 238 g/mol. The van der Waals surface area contributed by atoms with E-state index in [1.807, 2.05) is 38.1 Å². The van der Waals surface area contributed by atoms with Gasteiger partial charge in [0.25, 0.3) is 0 Å². The molecule has 4 nitrogen and oxygen atoms in total. The number of aromatic nitrogens is 2. The fourth-order valence-electron chi connectivity index (χ4n) is 1.46. The molecule has 0 aliphatic carbocycles. The molecule has 0 amide bonds. The molecule has 1 heterocycles. The Morgan fingerprint density at radius 3 is 2.88 bits per heavy atom. The van der Waals surface area contributed by atoms with Crippen LogP contribution >= 0.6 is 12.4 Å². The highest BCUT2D eigenvalue weighted by atomic mass is 35.5. The summed E-state index contributed by atoms with van der Waals surface area (Å²) in [6.07, 6.45) is 0. The number of aryl methyl sites for hydroxylation is 1. The van der Waals surface area contributed by atoms with Crippen molar-refractivity contribution < 1.29 is 4.52 Å². The van der Waals surface area contributed by atoms with E-state index in [1.54, 1.807) is 0 Å². The summed E-state index contributed by atoms with van der Waals surface area (Å²) in [5, 5.41) is 7.10. The predicted octanol–water partition coefficient (Wildman–Crippen LogP) is 2.58. The maximum atomic E-state index is 5.14. The van der Waals surface area contributed by atoms with Crippen molar-refractivity contribution in [2.45, 2.75) is 20.4 Å². The van der Waals surface area contributed by atoms with E-state index in [9.17, 15) is 0 Å². The Morgan fingerprint density at radius 1 is 1.35 bits per heavy atom. The van der Waals surface area contributed by atoms with Gasteiger partial charge in [0.05, 0.1) is 6.54 Å². The lowest BCUT2D eigenvalue weighted by atomic mass is 10.1. The maximum absolute atomic E-state index is 5.14. The van der Waals surface area contributed by atoms with Gasteiger partial charge >= 0.3 is 0 Å². The first-order valence-corrected chi connectivity index (χ1v) is 5.40. The van der Waals surface area contributed by atoms with Gasteiger partial charge < -0.3 is 9.84 Å². The zero-order valence-corrected chi connectivity index (χ0v) is 10.8. The molecule has 0 saturated carbocycles. The monoisotopic (exact) mass is 253 g/mol. The van der Waals surface area contributed by atoms with Crippen molar-refractivity contribution in [3.05, 3.63) is 35.7 Å². The molecule has 0 spiro atoms. The zero-order chi connectivity index (χ0) is 11.4. The second kappa shape index (κ2) is 6.37. The lowest BCUT2D eigenvalue weighted by molar-refractivity contribution is 0.369. The molecule has 0 fully saturated rings. The lowest BCUT2D eigenvalue weighted by Crippen LogP contribution is -2.11. The van der Waals surface area contributed by atoms with Gasteiger partial charge in [-0.25, -0.2) is 0 Å². The maximum Gasteiger partial charge on any atom is 0.240 e. The van der Waals surface area contributed by atoms with Crippen LogP contribution in [0.1, 0.15) is 18.4 Å². The fraction of sp³-hybridized carbons (Fsp3) is 0.333. The van der Waals surface area contributed by atoms with E-state index in [1.165, 1.54) is 5.56 Å². The molecule has 1 aromatic heterocycles. The minimum Gasteiger partial charge on any atom is -0.338 e. The third-order valence-electron chi connectivity index (χ3n) is 2.27. The summed E-state index contributed by atoms with van der Waals surface area (Å²) in [5.74, 6) is 1.27. The standard InChI is InChI=1S/C12H15N3O.ClH/c1-3-13-8-11-14-12(15-16-11)10-6-4-5-9(2)7-10;/h4-7,13H,3,8H2,1-2H3;1H. The minimum absolute atomic E-state index is 0. The molecule has 17 heavy (non-hydrogen) atoms. The second-order valence-corrected chi connectivity index (χ2v) is 3.66. The van der Waals surface area contributed by atoms with Gasteiger partial charge in [-0.2, -0.15) is 4.98 Å². The summed E-state index contributed by atoms with van der Waals surface area (Å²) < 4.78 is 5.14. The van der Waals surface area contributed by atoms with Gasteiger partial charge in [0.2, 0.25) is 11.7 Å². The number of benzene rings is 1. The number of hydrogen-bond acceptors (Lipinski definition) is 4. The van der Waals surface area contributed by atoms with Gasteiger partial charge in [-0.3, -0.25) is 0 Å². The van der Waals surface area contributed by atoms with Crippen molar-refractivity contribution in [1.29, 1.82) is 0 Å². The van der Waals surface area contributed by atoms with Crippen LogP contribution in [0.5, 0.6) is 0 Å². The minimum atomic E-state index is 0. The fourth-order valence-corrected chi connectivity index (χ4v) is 1.46. The van der Waals surface area contributed by atoms with E-state index >= 15 is 0 Å². The molecule has 0 radical (unpaired) electrons. The Hall–Kier alpha value is -1.39. The smallest absolute Gasteiger partial charge is 0.240 e. The van der Waals surface area contributed by atoms with Gasteiger partial charge in [-0.05, 0) is 19.5 Å². The molecule has 0 bridgehead atoms. The van der Waals surface area contributed by atoms with Crippen molar-refractivity contribution >= 4 is 12.4 Å². The highest BCUT2D eigenvalue weighted by Crippen LogP contribution is 2.16. The van der Waals surface area contributed by atoms with Gasteiger partial charge in [-0.1, -0.05) is 35.8 Å². The summed E-state index contributed by atoms with van der Waals surface area (Å²) in [7, 11) is 0. The van der Waals surface area contributed by atoms with Crippen LogP contribution in [0.25, 0.3) is 11.4 Å². The number of rotatable bonds is 4. The number of hydrogen-bond donors (Lipinski definition) is 1. The molecular formula is C12H16ClN3O. The highest BCUT2D eigenvalue weighted by Gasteiger charge is 2.07. The Bertz CT molecular complexity index is 470. The molecule has 1 N–H and O–H groups in total. The second-order valence-electron chi connectivity index (χ2n) is 3.66. The van der Waals surface area contributed by atoms with E-state index in [0.29, 0.717) is 18.3 Å². The Balaban J connectivity index is 0.00000144. The van der Waals surface area contributed by atoms with Crippen molar-refractivity contribution in [3.63, 3.8) is 0 Å². The number of nitrogens with one attached hydrogen (secondary N) is 1. The van der Waals surface area contributed by atoms with Crippen LogP contribution in [0.3, 0.4) is 0 Å². The molecule has 0 saturated heterocycles. The van der Waals surface area contributed by atoms with Crippen molar-refractivity contribution in [3.8, 4) is 11.4 Å². The topological polar surface area (TPSA) is 51.0 Å². The summed E-state index contributed by atoms with van der Waals surface area (Å²) in [6.45, 7) is 5.60. The van der Waals surface area contributed by atoms with Gasteiger partial charge in [0.1, 0.15) is 0 Å². The Labute approximate surface area is 107 Å². The van der Waals surface area contributed by atoms with Gasteiger partial charge in [-0.15, -0.1) is 12.4 Å². The average Bonchev–Trinajstić information content (AvgIpc) is 2.75. The van der Waals surface area contributed by atoms with Gasteiger partial charge in [0.15, 0.2) is 0 Å². The quantitative estimate of drug-likeness (QED) is 0.910. The van der Waals surface area contributed by atoms with Crippen LogP contribution in [0.2, 0.25) is 0 Å². The molecule has 2 aromatic rings. The van der Waals surface area contributed by atoms with E-state index in [4.69, 9.17) is 4.52 Å². The highest BCUT2D eigenvalue weighted by molar-refractivity contribution is 5.85. The van der Waals surface area contributed by atoms with Crippen LogP contribution in [0.4, 0.5) is 0 Å². The predicted molar refractivity (Wildman–Crippen MR) is 69.1 cm³/mol. The Morgan fingerprint density at radius 2 is 2.18 bits per heavy atom. The Kier molecular flexibility index (Phi) is 5.12. The summed E-state index contributed by atoms with van der Waals surface area (Å²) in [5.41, 5.74) is 2.18.